The molecule has 8 heteroatoms. The Morgan fingerprint density at radius 1 is 1.06 bits per heavy atom. The third-order valence-electron chi connectivity index (χ3n) is 6.66. The number of nitrogens with zero attached hydrogens (tertiary/aromatic N) is 5. The van der Waals surface area contributed by atoms with Gasteiger partial charge in [0, 0.05) is 50.5 Å². The van der Waals surface area contributed by atoms with Crippen LogP contribution in [0.4, 0.5) is 0 Å². The standard InChI is InChI=1S/C25H28N6O2/c32-24(26-10-11-29-12-14-33-15-13-29)22-16-21-23(31(22)25-27-8-3-9-28-25)19-4-1-2-5-20(19)30(21)17-18-6-7-18/h1-5,8-9,16,18H,6-7,10-15,17H2,(H,26,32). The van der Waals surface area contributed by atoms with Gasteiger partial charge >= 0.3 is 0 Å². The summed E-state index contributed by atoms with van der Waals surface area (Å²) in [6.07, 6.45) is 5.98. The molecule has 3 aromatic heterocycles. The van der Waals surface area contributed by atoms with E-state index in [9.17, 15) is 4.79 Å². The molecular weight excluding hydrogens is 416 g/mol. The minimum Gasteiger partial charge on any atom is -0.379 e. The first-order valence-electron chi connectivity index (χ1n) is 11.8. The van der Waals surface area contributed by atoms with Gasteiger partial charge in [-0.25, -0.2) is 9.97 Å². The number of para-hydroxylation sites is 1. The number of rotatable bonds is 7. The predicted molar refractivity (Wildman–Crippen MR) is 127 cm³/mol. The number of nitrogens with one attached hydrogen (secondary N) is 1. The summed E-state index contributed by atoms with van der Waals surface area (Å²) in [6.45, 7) is 5.70. The molecule has 1 N–H and O–H groups in total. The molecule has 4 heterocycles. The summed E-state index contributed by atoms with van der Waals surface area (Å²) in [5.74, 6) is 1.13. The number of carbonyl (C=O) groups is 1. The van der Waals surface area contributed by atoms with Crippen molar-refractivity contribution in [1.82, 2.24) is 29.3 Å². The highest BCUT2D eigenvalue weighted by atomic mass is 16.5. The monoisotopic (exact) mass is 444 g/mol. The lowest BCUT2D eigenvalue weighted by atomic mass is 10.2. The maximum Gasteiger partial charge on any atom is 0.268 e. The molecule has 2 fully saturated rings. The topological polar surface area (TPSA) is 77.2 Å². The second-order valence-electron chi connectivity index (χ2n) is 8.93. The van der Waals surface area contributed by atoms with Crippen LogP contribution in [0.5, 0.6) is 0 Å². The Balaban J connectivity index is 1.41. The Hall–Kier alpha value is -3.23. The summed E-state index contributed by atoms with van der Waals surface area (Å²) >= 11 is 0. The van der Waals surface area contributed by atoms with Gasteiger partial charge in [-0.2, -0.15) is 0 Å². The fourth-order valence-electron chi connectivity index (χ4n) is 4.78. The summed E-state index contributed by atoms with van der Waals surface area (Å²) < 4.78 is 9.70. The van der Waals surface area contributed by atoms with E-state index in [2.05, 4.69) is 49.0 Å². The number of morpholine rings is 1. The minimum atomic E-state index is -0.103. The van der Waals surface area contributed by atoms with E-state index in [1.165, 1.54) is 18.4 Å². The van der Waals surface area contributed by atoms with E-state index in [-0.39, 0.29) is 5.91 Å². The zero-order chi connectivity index (χ0) is 22.2. The molecule has 33 heavy (non-hydrogen) atoms. The summed E-state index contributed by atoms with van der Waals surface area (Å²) in [6, 6.07) is 12.2. The van der Waals surface area contributed by atoms with Gasteiger partial charge in [0.05, 0.1) is 29.8 Å². The maximum atomic E-state index is 13.4. The maximum absolute atomic E-state index is 13.4. The molecule has 170 valence electrons. The van der Waals surface area contributed by atoms with Crippen LogP contribution in [0.2, 0.25) is 0 Å². The lowest BCUT2D eigenvalue weighted by molar-refractivity contribution is 0.0383. The van der Waals surface area contributed by atoms with E-state index in [0.717, 1.165) is 55.8 Å². The van der Waals surface area contributed by atoms with Gasteiger partial charge < -0.3 is 14.6 Å². The largest absolute Gasteiger partial charge is 0.379 e. The van der Waals surface area contributed by atoms with Crippen LogP contribution < -0.4 is 5.32 Å². The van der Waals surface area contributed by atoms with Crippen molar-refractivity contribution < 1.29 is 9.53 Å². The molecule has 1 amide bonds. The van der Waals surface area contributed by atoms with Crippen LogP contribution in [-0.4, -0.2) is 69.3 Å². The average molecular weight is 445 g/mol. The van der Waals surface area contributed by atoms with Crippen LogP contribution in [0.25, 0.3) is 27.9 Å². The van der Waals surface area contributed by atoms with E-state index in [0.29, 0.717) is 24.1 Å². The Bertz CT molecular complexity index is 1280. The van der Waals surface area contributed by atoms with Gasteiger partial charge in [-0.3, -0.25) is 14.3 Å². The van der Waals surface area contributed by atoms with Gasteiger partial charge in [0.25, 0.3) is 5.91 Å². The summed E-state index contributed by atoms with van der Waals surface area (Å²) in [7, 11) is 0. The molecule has 0 bridgehead atoms. The van der Waals surface area contributed by atoms with E-state index in [1.807, 2.05) is 10.6 Å². The number of aromatic nitrogens is 4. The summed E-state index contributed by atoms with van der Waals surface area (Å²) in [5.41, 5.74) is 3.83. The van der Waals surface area contributed by atoms with Gasteiger partial charge in [-0.05, 0) is 37.0 Å². The molecule has 0 radical (unpaired) electrons. The lowest BCUT2D eigenvalue weighted by Crippen LogP contribution is -2.41. The second-order valence-corrected chi connectivity index (χ2v) is 8.93. The molecule has 1 saturated heterocycles. The number of amides is 1. The van der Waals surface area contributed by atoms with Crippen molar-refractivity contribution in [2.45, 2.75) is 19.4 Å². The van der Waals surface area contributed by atoms with E-state index in [1.54, 1.807) is 18.5 Å². The van der Waals surface area contributed by atoms with E-state index < -0.39 is 0 Å². The quantitative estimate of drug-likeness (QED) is 0.474. The molecule has 1 aliphatic carbocycles. The Labute approximate surface area is 192 Å². The van der Waals surface area contributed by atoms with E-state index >= 15 is 0 Å². The van der Waals surface area contributed by atoms with Crippen LogP contribution in [-0.2, 0) is 11.3 Å². The number of ether oxygens (including phenoxy) is 1. The smallest absolute Gasteiger partial charge is 0.268 e. The summed E-state index contributed by atoms with van der Waals surface area (Å²) in [4.78, 5) is 24.7. The van der Waals surface area contributed by atoms with Crippen LogP contribution in [0.15, 0.2) is 48.8 Å². The third kappa shape index (κ3) is 3.89. The van der Waals surface area contributed by atoms with Gasteiger partial charge in [-0.15, -0.1) is 0 Å². The van der Waals surface area contributed by atoms with Gasteiger partial charge in [0.15, 0.2) is 0 Å². The predicted octanol–water partition coefficient (Wildman–Crippen LogP) is 2.85. The molecule has 0 unspecified atom stereocenters. The fraction of sp³-hybridized carbons (Fsp3) is 0.400. The molecule has 1 saturated carbocycles. The highest BCUT2D eigenvalue weighted by Gasteiger charge is 2.27. The molecule has 4 aromatic rings. The van der Waals surface area contributed by atoms with Crippen molar-refractivity contribution in [3.05, 3.63) is 54.5 Å². The summed E-state index contributed by atoms with van der Waals surface area (Å²) in [5, 5.41) is 4.24. The van der Waals surface area contributed by atoms with Crippen LogP contribution >= 0.6 is 0 Å². The van der Waals surface area contributed by atoms with Gasteiger partial charge in [0.2, 0.25) is 5.95 Å². The zero-order valence-corrected chi connectivity index (χ0v) is 18.6. The SMILES string of the molecule is O=C(NCCN1CCOCC1)c1cc2c(c3ccccc3n2CC2CC2)n1-c1ncccn1. The first kappa shape index (κ1) is 20.4. The number of fused-ring (bicyclic) bond motifs is 3. The Morgan fingerprint density at radius 3 is 2.64 bits per heavy atom. The number of benzene rings is 1. The number of hydrogen-bond acceptors (Lipinski definition) is 5. The van der Waals surface area contributed by atoms with Gasteiger partial charge in [0.1, 0.15) is 5.69 Å². The molecule has 1 aliphatic heterocycles. The molecule has 0 atom stereocenters. The van der Waals surface area contributed by atoms with Crippen LogP contribution in [0, 0.1) is 5.92 Å². The van der Waals surface area contributed by atoms with Crippen LogP contribution in [0.3, 0.4) is 0 Å². The van der Waals surface area contributed by atoms with Crippen molar-refractivity contribution in [3.63, 3.8) is 0 Å². The highest BCUT2D eigenvalue weighted by molar-refractivity contribution is 6.10. The molecule has 6 rings (SSSR count). The fourth-order valence-corrected chi connectivity index (χ4v) is 4.78. The normalized spacial score (nSPS) is 17.1. The van der Waals surface area contributed by atoms with Crippen molar-refractivity contribution in [2.24, 2.45) is 5.92 Å². The second kappa shape index (κ2) is 8.61. The zero-order valence-electron chi connectivity index (χ0n) is 18.6. The Morgan fingerprint density at radius 2 is 1.85 bits per heavy atom. The van der Waals surface area contributed by atoms with Crippen molar-refractivity contribution >= 4 is 27.8 Å². The van der Waals surface area contributed by atoms with Gasteiger partial charge in [-0.1, -0.05) is 18.2 Å². The molecule has 8 nitrogen and oxygen atoms in total. The highest BCUT2D eigenvalue weighted by Crippen LogP contribution is 2.37. The molecule has 2 aliphatic rings. The van der Waals surface area contributed by atoms with Crippen LogP contribution in [0.1, 0.15) is 23.3 Å². The van der Waals surface area contributed by atoms with E-state index in [4.69, 9.17) is 4.74 Å². The molecule has 0 spiro atoms. The number of hydrogen-bond donors (Lipinski definition) is 1. The van der Waals surface area contributed by atoms with Crippen molar-refractivity contribution in [1.29, 1.82) is 0 Å². The third-order valence-corrected chi connectivity index (χ3v) is 6.66. The van der Waals surface area contributed by atoms with Crippen molar-refractivity contribution in [2.75, 3.05) is 39.4 Å². The minimum absolute atomic E-state index is 0.103. The number of carbonyl (C=O) groups excluding carboxylic acids is 1. The average Bonchev–Trinajstić information content (AvgIpc) is 3.52. The first-order chi connectivity index (χ1) is 16.3. The first-order valence-corrected chi connectivity index (χ1v) is 11.8. The molecular formula is C25H28N6O2. The Kier molecular flexibility index (Phi) is 5.32. The molecule has 1 aromatic carbocycles. The van der Waals surface area contributed by atoms with Crippen molar-refractivity contribution in [3.8, 4) is 5.95 Å². The lowest BCUT2D eigenvalue weighted by Gasteiger charge is -2.26.